The van der Waals surface area contributed by atoms with Gasteiger partial charge in [0.15, 0.2) is 15.6 Å². The van der Waals surface area contributed by atoms with E-state index in [4.69, 9.17) is 0 Å². The molecule has 8 nitrogen and oxygen atoms in total. The minimum absolute atomic E-state index is 0.1000. The van der Waals surface area contributed by atoms with Crippen LogP contribution in [0.5, 0.6) is 0 Å². The zero-order chi connectivity index (χ0) is 29.3. The predicted molar refractivity (Wildman–Crippen MR) is 155 cm³/mol. The Bertz CT molecular complexity index is 1430. The van der Waals surface area contributed by atoms with Gasteiger partial charge in [-0.25, -0.2) is 8.42 Å². The van der Waals surface area contributed by atoms with Gasteiger partial charge in [-0.3, -0.25) is 19.4 Å². The Kier molecular flexibility index (Phi) is 10.3. The van der Waals surface area contributed by atoms with Crippen LogP contribution in [-0.2, 0) is 19.4 Å². The van der Waals surface area contributed by atoms with Crippen LogP contribution in [0.15, 0.2) is 77.8 Å². The Morgan fingerprint density at radius 2 is 1.60 bits per heavy atom. The molecule has 0 saturated heterocycles. The van der Waals surface area contributed by atoms with Gasteiger partial charge < -0.3 is 10.6 Å². The molecule has 0 radical (unpaired) electrons. The first-order valence-electron chi connectivity index (χ1n) is 13.3. The summed E-state index contributed by atoms with van der Waals surface area (Å²) in [5, 5.41) is 5.51. The van der Waals surface area contributed by atoms with Gasteiger partial charge in [0, 0.05) is 31.1 Å². The van der Waals surface area contributed by atoms with Gasteiger partial charge in [-0.1, -0.05) is 48.0 Å². The number of benzene rings is 2. The van der Waals surface area contributed by atoms with Crippen molar-refractivity contribution in [2.45, 2.75) is 57.4 Å². The van der Waals surface area contributed by atoms with Gasteiger partial charge in [0.05, 0.1) is 16.6 Å². The van der Waals surface area contributed by atoms with Gasteiger partial charge in [-0.05, 0) is 69.5 Å². The number of hydrogen-bond acceptors (Lipinski definition) is 6. The van der Waals surface area contributed by atoms with E-state index in [1.165, 1.54) is 12.1 Å². The van der Waals surface area contributed by atoms with Crippen LogP contribution in [0.2, 0.25) is 0 Å². The van der Waals surface area contributed by atoms with Crippen molar-refractivity contribution in [3.63, 3.8) is 0 Å². The summed E-state index contributed by atoms with van der Waals surface area (Å²) >= 11 is 0. The quantitative estimate of drug-likeness (QED) is 0.247. The third-order valence-electron chi connectivity index (χ3n) is 6.15. The maximum atomic E-state index is 13.1. The lowest BCUT2D eigenvalue weighted by molar-refractivity contribution is -0.130. The number of hydrogen-bond donors (Lipinski definition) is 2. The molecule has 9 heteroatoms. The molecule has 40 heavy (non-hydrogen) atoms. The number of rotatable bonds is 12. The molecule has 0 aliphatic carbocycles. The van der Waals surface area contributed by atoms with Crippen LogP contribution in [0.4, 0.5) is 0 Å². The van der Waals surface area contributed by atoms with Crippen LogP contribution in [0, 0.1) is 12.8 Å². The first-order chi connectivity index (χ1) is 18.8. The molecule has 1 aromatic heterocycles. The van der Waals surface area contributed by atoms with E-state index in [2.05, 4.69) is 15.6 Å². The van der Waals surface area contributed by atoms with E-state index in [-0.39, 0.29) is 30.1 Å². The zero-order valence-corrected chi connectivity index (χ0v) is 24.3. The normalized spacial score (nSPS) is 12.4. The molecule has 1 atom stereocenters. The van der Waals surface area contributed by atoms with Crippen molar-refractivity contribution in [3.8, 4) is 11.1 Å². The maximum absolute atomic E-state index is 13.1. The SMILES string of the molecule is Cc1ccc(S(=O)(=O)C[C@@H](CC(=O)NC(C)(C)C)C(=O)NCCCC(=O)c2cc(-c3ccccc3)ccn2)cc1. The van der Waals surface area contributed by atoms with E-state index in [1.54, 1.807) is 24.4 Å². The summed E-state index contributed by atoms with van der Waals surface area (Å²) in [6.45, 7) is 7.44. The van der Waals surface area contributed by atoms with Gasteiger partial charge in [0.2, 0.25) is 11.8 Å². The highest BCUT2D eigenvalue weighted by Gasteiger charge is 2.30. The average molecular weight is 564 g/mol. The van der Waals surface area contributed by atoms with Crippen LogP contribution < -0.4 is 10.6 Å². The lowest BCUT2D eigenvalue weighted by Gasteiger charge is -2.23. The number of ketones is 1. The Balaban J connectivity index is 1.62. The number of aryl methyl sites for hydroxylation is 1. The number of carbonyl (C=O) groups is 3. The second-order valence-corrected chi connectivity index (χ2v) is 12.9. The molecule has 0 bridgehead atoms. The molecular formula is C31H37N3O5S. The van der Waals surface area contributed by atoms with Gasteiger partial charge in [0.1, 0.15) is 5.69 Å². The van der Waals surface area contributed by atoms with Crippen molar-refractivity contribution in [2.24, 2.45) is 5.92 Å². The first-order valence-corrected chi connectivity index (χ1v) is 14.9. The summed E-state index contributed by atoms with van der Waals surface area (Å²) in [6.07, 6.45) is 1.82. The number of nitrogens with one attached hydrogen (secondary N) is 2. The maximum Gasteiger partial charge on any atom is 0.224 e. The molecule has 0 saturated carbocycles. The van der Waals surface area contributed by atoms with Crippen molar-refractivity contribution < 1.29 is 22.8 Å². The van der Waals surface area contributed by atoms with Crippen LogP contribution in [-0.4, -0.2) is 48.8 Å². The van der Waals surface area contributed by atoms with Gasteiger partial charge in [-0.2, -0.15) is 0 Å². The second-order valence-electron chi connectivity index (χ2n) is 10.9. The number of Topliss-reactive ketones (excluding diaryl/α,β-unsaturated/α-hetero) is 1. The van der Waals surface area contributed by atoms with Crippen LogP contribution in [0.25, 0.3) is 11.1 Å². The number of amides is 2. The molecule has 2 amide bonds. The monoisotopic (exact) mass is 563 g/mol. The second kappa shape index (κ2) is 13.5. The number of aromatic nitrogens is 1. The van der Waals surface area contributed by atoms with E-state index in [1.807, 2.05) is 64.1 Å². The molecule has 0 fully saturated rings. The minimum atomic E-state index is -3.82. The van der Waals surface area contributed by atoms with E-state index in [9.17, 15) is 22.8 Å². The summed E-state index contributed by atoms with van der Waals surface area (Å²) in [5.41, 5.74) is 2.59. The average Bonchev–Trinajstić information content (AvgIpc) is 2.90. The molecule has 1 heterocycles. The zero-order valence-electron chi connectivity index (χ0n) is 23.4. The highest BCUT2D eigenvalue weighted by atomic mass is 32.2. The van der Waals surface area contributed by atoms with Crippen LogP contribution >= 0.6 is 0 Å². The molecular weight excluding hydrogens is 526 g/mol. The Labute approximate surface area is 236 Å². The number of nitrogens with zero attached hydrogens (tertiary/aromatic N) is 1. The van der Waals surface area contributed by atoms with E-state index >= 15 is 0 Å². The van der Waals surface area contributed by atoms with Crippen LogP contribution in [0.3, 0.4) is 0 Å². The minimum Gasteiger partial charge on any atom is -0.356 e. The van der Waals surface area contributed by atoms with Crippen molar-refractivity contribution in [3.05, 3.63) is 84.2 Å². The highest BCUT2D eigenvalue weighted by Crippen LogP contribution is 2.20. The fraction of sp³-hybridized carbons (Fsp3) is 0.355. The summed E-state index contributed by atoms with van der Waals surface area (Å²) in [7, 11) is -3.82. The van der Waals surface area contributed by atoms with Gasteiger partial charge in [0.25, 0.3) is 0 Å². The molecule has 2 aromatic carbocycles. The topological polar surface area (TPSA) is 122 Å². The predicted octanol–water partition coefficient (Wildman–Crippen LogP) is 4.53. The number of carbonyl (C=O) groups excluding carboxylic acids is 3. The van der Waals surface area contributed by atoms with Gasteiger partial charge in [-0.15, -0.1) is 0 Å². The standard InChI is InChI=1S/C31H37N3O5S/c1-22-12-14-26(15-13-22)40(38,39)21-25(20-29(36)34-31(2,3)4)30(37)33-17-8-11-28(35)27-19-24(16-18-32-27)23-9-6-5-7-10-23/h5-7,9-10,12-16,18-19,25H,8,11,17,20-21H2,1-4H3,(H,33,37)(H,34,36)/t25-/m1/s1. The molecule has 0 aliphatic heterocycles. The Morgan fingerprint density at radius 3 is 2.25 bits per heavy atom. The fourth-order valence-corrected chi connectivity index (χ4v) is 5.70. The summed E-state index contributed by atoms with van der Waals surface area (Å²) in [4.78, 5) is 42.7. The van der Waals surface area contributed by atoms with E-state index < -0.39 is 38.9 Å². The third kappa shape index (κ3) is 9.41. The molecule has 0 spiro atoms. The molecule has 212 valence electrons. The summed E-state index contributed by atoms with van der Waals surface area (Å²) in [5.74, 6) is -2.71. The van der Waals surface area contributed by atoms with Gasteiger partial charge >= 0.3 is 0 Å². The largest absolute Gasteiger partial charge is 0.356 e. The van der Waals surface area contributed by atoms with E-state index in [0.717, 1.165) is 16.7 Å². The molecule has 3 aromatic rings. The molecule has 0 aliphatic rings. The van der Waals surface area contributed by atoms with Crippen molar-refractivity contribution in [1.82, 2.24) is 15.6 Å². The highest BCUT2D eigenvalue weighted by molar-refractivity contribution is 7.91. The molecule has 3 rings (SSSR count). The Hall–Kier alpha value is -3.85. The lowest BCUT2D eigenvalue weighted by Crippen LogP contribution is -2.44. The Morgan fingerprint density at radius 1 is 0.925 bits per heavy atom. The number of pyridine rings is 1. The van der Waals surface area contributed by atoms with Crippen molar-refractivity contribution >= 4 is 27.4 Å². The smallest absolute Gasteiger partial charge is 0.224 e. The van der Waals surface area contributed by atoms with Crippen molar-refractivity contribution in [1.29, 1.82) is 0 Å². The third-order valence-corrected chi connectivity index (χ3v) is 7.98. The number of sulfone groups is 1. The summed E-state index contributed by atoms with van der Waals surface area (Å²) < 4.78 is 26.1. The molecule has 0 unspecified atom stereocenters. The molecule has 2 N–H and O–H groups in total. The van der Waals surface area contributed by atoms with Crippen LogP contribution in [0.1, 0.15) is 56.1 Å². The fourth-order valence-electron chi connectivity index (χ4n) is 4.15. The summed E-state index contributed by atoms with van der Waals surface area (Å²) in [6, 6.07) is 19.6. The first kappa shape index (κ1) is 30.7. The van der Waals surface area contributed by atoms with E-state index in [0.29, 0.717) is 12.1 Å². The van der Waals surface area contributed by atoms with Crippen molar-refractivity contribution in [2.75, 3.05) is 12.3 Å². The lowest BCUT2D eigenvalue weighted by atomic mass is 10.0.